The second kappa shape index (κ2) is 8.38. The Hall–Kier alpha value is -3.40. The number of carbonyl (C=O) groups excluding carboxylic acids is 1. The lowest BCUT2D eigenvalue weighted by atomic mass is 10.1. The van der Waals surface area contributed by atoms with Crippen molar-refractivity contribution < 1.29 is 19.2 Å². The van der Waals surface area contributed by atoms with Crippen molar-refractivity contribution in [3.05, 3.63) is 51.3 Å². The van der Waals surface area contributed by atoms with E-state index in [-0.39, 0.29) is 34.6 Å². The monoisotopic (exact) mass is 447 g/mol. The maximum absolute atomic E-state index is 13.3. The summed E-state index contributed by atoms with van der Waals surface area (Å²) in [6.07, 6.45) is 2.27. The molecule has 1 aromatic carbocycles. The van der Waals surface area contributed by atoms with Gasteiger partial charge in [0.25, 0.3) is 0 Å². The summed E-state index contributed by atoms with van der Waals surface area (Å²) < 4.78 is 12.4. The largest absolute Gasteiger partial charge is 0.486 e. The van der Waals surface area contributed by atoms with E-state index >= 15 is 0 Å². The van der Waals surface area contributed by atoms with E-state index in [1.807, 2.05) is 0 Å². The first-order valence-corrected chi connectivity index (χ1v) is 9.85. The fraction of sp³-hybridized carbons (Fsp3) is 0.350. The number of amides is 1. The molecular formula is C20H22ClN5O5. The Balaban J connectivity index is 2.31. The Morgan fingerprint density at radius 3 is 2.65 bits per heavy atom. The molecule has 11 heteroatoms. The van der Waals surface area contributed by atoms with Gasteiger partial charge in [0.15, 0.2) is 5.65 Å². The van der Waals surface area contributed by atoms with Crippen LogP contribution in [-0.4, -0.2) is 37.8 Å². The van der Waals surface area contributed by atoms with Crippen molar-refractivity contribution in [3.63, 3.8) is 0 Å². The van der Waals surface area contributed by atoms with E-state index < -0.39 is 16.6 Å². The third-order valence-corrected chi connectivity index (χ3v) is 4.68. The molecule has 0 saturated heterocycles. The molecule has 0 atom stereocenters. The van der Waals surface area contributed by atoms with Crippen molar-refractivity contribution in [1.82, 2.24) is 14.6 Å². The van der Waals surface area contributed by atoms with Crippen molar-refractivity contribution in [2.75, 3.05) is 11.5 Å². The summed E-state index contributed by atoms with van der Waals surface area (Å²) in [6, 6.07) is 4.46. The van der Waals surface area contributed by atoms with Gasteiger partial charge >= 0.3 is 11.8 Å². The number of aromatic nitrogens is 3. The normalized spacial score (nSPS) is 11.4. The molecule has 0 unspecified atom stereocenters. The molecule has 164 valence electrons. The molecule has 31 heavy (non-hydrogen) atoms. The minimum Gasteiger partial charge on any atom is -0.486 e. The third-order valence-electron chi connectivity index (χ3n) is 4.22. The number of anilines is 2. The molecule has 0 bridgehead atoms. The fourth-order valence-electron chi connectivity index (χ4n) is 2.96. The first-order valence-electron chi connectivity index (χ1n) is 9.47. The number of nitro benzene ring substituents is 1. The molecule has 0 fully saturated rings. The molecule has 0 spiro atoms. The van der Waals surface area contributed by atoms with Crippen molar-refractivity contribution in [2.24, 2.45) is 0 Å². The van der Waals surface area contributed by atoms with Gasteiger partial charge in [-0.3, -0.25) is 10.1 Å². The quantitative estimate of drug-likeness (QED) is 0.396. The number of ether oxygens (including phenoxy) is 2. The van der Waals surface area contributed by atoms with Crippen LogP contribution < -0.4 is 9.64 Å². The molecule has 0 N–H and O–H groups in total. The molecule has 2 heterocycles. The highest BCUT2D eigenvalue weighted by molar-refractivity contribution is 6.33. The molecule has 3 rings (SSSR count). The number of hydrogen-bond donors (Lipinski definition) is 0. The second-order valence-electron chi connectivity index (χ2n) is 7.59. The number of benzene rings is 1. The minimum atomic E-state index is -0.819. The lowest BCUT2D eigenvalue weighted by molar-refractivity contribution is -0.385. The van der Waals surface area contributed by atoms with Gasteiger partial charge in [0.05, 0.1) is 28.4 Å². The standard InChI is InChI=1S/C20H22ClN5O5/c1-6-30-18-14(26(28)29)11-13(12(2)17(18)21)24(19(27)31-20(3,4)5)16-8-9-22-15-7-10-23-25(15)16/h7-11H,6H2,1-5H3. The number of rotatable bonds is 5. The van der Waals surface area contributed by atoms with Gasteiger partial charge in [0.1, 0.15) is 11.4 Å². The Morgan fingerprint density at radius 2 is 2.03 bits per heavy atom. The van der Waals surface area contributed by atoms with Crippen LogP contribution in [0, 0.1) is 17.0 Å². The zero-order valence-electron chi connectivity index (χ0n) is 17.7. The number of nitro groups is 1. The van der Waals surface area contributed by atoms with E-state index in [9.17, 15) is 14.9 Å². The molecular weight excluding hydrogens is 426 g/mol. The summed E-state index contributed by atoms with van der Waals surface area (Å²) in [5.74, 6) is 0.223. The highest BCUT2D eigenvalue weighted by Gasteiger charge is 2.32. The van der Waals surface area contributed by atoms with Crippen LogP contribution in [0.25, 0.3) is 5.65 Å². The second-order valence-corrected chi connectivity index (χ2v) is 7.97. The Morgan fingerprint density at radius 1 is 1.32 bits per heavy atom. The van der Waals surface area contributed by atoms with Gasteiger partial charge in [-0.1, -0.05) is 11.6 Å². The maximum atomic E-state index is 13.3. The molecule has 0 radical (unpaired) electrons. The van der Waals surface area contributed by atoms with Gasteiger partial charge in [-0.15, -0.1) is 0 Å². The number of hydrogen-bond acceptors (Lipinski definition) is 7. The van der Waals surface area contributed by atoms with Gasteiger partial charge in [-0.2, -0.15) is 9.61 Å². The van der Waals surface area contributed by atoms with Crippen molar-refractivity contribution in [2.45, 2.75) is 40.2 Å². The summed E-state index contributed by atoms with van der Waals surface area (Å²) in [5, 5.41) is 16.0. The Labute approximate surface area is 183 Å². The third kappa shape index (κ3) is 4.38. The average Bonchev–Trinajstić information content (AvgIpc) is 3.15. The minimum absolute atomic E-state index is 0.0328. The predicted molar refractivity (Wildman–Crippen MR) is 115 cm³/mol. The highest BCUT2D eigenvalue weighted by atomic mass is 35.5. The molecule has 0 saturated carbocycles. The lowest BCUT2D eigenvalue weighted by Crippen LogP contribution is -2.35. The van der Waals surface area contributed by atoms with Crippen molar-refractivity contribution in [3.8, 4) is 5.75 Å². The maximum Gasteiger partial charge on any atom is 0.420 e. The summed E-state index contributed by atoms with van der Waals surface area (Å²) in [4.78, 5) is 29.8. The lowest BCUT2D eigenvalue weighted by Gasteiger charge is -2.29. The van der Waals surface area contributed by atoms with Crippen LogP contribution in [0.5, 0.6) is 5.75 Å². The number of nitrogens with zero attached hydrogens (tertiary/aromatic N) is 5. The highest BCUT2D eigenvalue weighted by Crippen LogP contribution is 2.44. The average molecular weight is 448 g/mol. The Kier molecular flexibility index (Phi) is 6.03. The van der Waals surface area contributed by atoms with Crippen molar-refractivity contribution in [1.29, 1.82) is 0 Å². The van der Waals surface area contributed by atoms with Crippen LogP contribution in [0.15, 0.2) is 30.6 Å². The van der Waals surface area contributed by atoms with Gasteiger partial charge in [0, 0.05) is 24.4 Å². The summed E-state index contributed by atoms with van der Waals surface area (Å²) in [5.41, 5.74) is -0.140. The van der Waals surface area contributed by atoms with Crippen molar-refractivity contribution >= 4 is 40.5 Å². The zero-order valence-corrected chi connectivity index (χ0v) is 18.5. The molecule has 3 aromatic rings. The number of halogens is 1. The van der Waals surface area contributed by atoms with E-state index in [0.717, 1.165) is 0 Å². The van der Waals surface area contributed by atoms with E-state index in [2.05, 4.69) is 10.1 Å². The van der Waals surface area contributed by atoms with Gasteiger partial charge in [-0.05, 0) is 40.2 Å². The first-order chi connectivity index (χ1) is 14.5. The molecule has 0 aliphatic carbocycles. The Bertz CT molecular complexity index is 1150. The van der Waals surface area contributed by atoms with Gasteiger partial charge in [-0.25, -0.2) is 14.7 Å². The van der Waals surface area contributed by atoms with E-state index in [0.29, 0.717) is 11.2 Å². The zero-order chi connectivity index (χ0) is 22.9. The van der Waals surface area contributed by atoms with E-state index in [1.54, 1.807) is 46.8 Å². The molecule has 10 nitrogen and oxygen atoms in total. The first kappa shape index (κ1) is 22.3. The van der Waals surface area contributed by atoms with Crippen LogP contribution in [-0.2, 0) is 4.74 Å². The molecule has 2 aromatic heterocycles. The fourth-order valence-corrected chi connectivity index (χ4v) is 3.21. The van der Waals surface area contributed by atoms with Crippen LogP contribution in [0.1, 0.15) is 33.3 Å². The molecule has 1 amide bonds. The van der Waals surface area contributed by atoms with Crippen LogP contribution >= 0.6 is 11.6 Å². The summed E-state index contributed by atoms with van der Waals surface area (Å²) in [6.45, 7) is 8.69. The number of fused-ring (bicyclic) bond motifs is 1. The summed E-state index contributed by atoms with van der Waals surface area (Å²) in [7, 11) is 0. The van der Waals surface area contributed by atoms with Crippen LogP contribution in [0.3, 0.4) is 0 Å². The smallest absolute Gasteiger partial charge is 0.420 e. The van der Waals surface area contributed by atoms with Crippen LogP contribution in [0.2, 0.25) is 5.02 Å². The van der Waals surface area contributed by atoms with Gasteiger partial charge < -0.3 is 9.47 Å². The summed E-state index contributed by atoms with van der Waals surface area (Å²) >= 11 is 6.45. The van der Waals surface area contributed by atoms with E-state index in [4.69, 9.17) is 21.1 Å². The van der Waals surface area contributed by atoms with Crippen LogP contribution in [0.4, 0.5) is 22.0 Å². The molecule has 0 aliphatic heterocycles. The van der Waals surface area contributed by atoms with E-state index in [1.165, 1.54) is 27.9 Å². The topological polar surface area (TPSA) is 112 Å². The molecule has 0 aliphatic rings. The SMILES string of the molecule is CCOc1c([N+](=O)[O-])cc(N(C(=O)OC(C)(C)C)c2ccnc3ccnn23)c(C)c1Cl. The van der Waals surface area contributed by atoms with Gasteiger partial charge in [0.2, 0.25) is 5.75 Å². The number of carbonyl (C=O) groups is 1. The predicted octanol–water partition coefficient (Wildman–Crippen LogP) is 5.07.